The lowest BCUT2D eigenvalue weighted by molar-refractivity contribution is 1.28. The summed E-state index contributed by atoms with van der Waals surface area (Å²) in [5.74, 6) is 0. The summed E-state index contributed by atoms with van der Waals surface area (Å²) in [6.45, 7) is 0. The maximum absolute atomic E-state index is 2.43. The summed E-state index contributed by atoms with van der Waals surface area (Å²) < 4.78 is 2.61. The van der Waals surface area contributed by atoms with Crippen molar-refractivity contribution in [3.8, 4) is 33.4 Å². The maximum Gasteiger partial charge on any atom is 0.0540 e. The molecular weight excluding hydrogens is 647 g/mol. The van der Waals surface area contributed by atoms with Crippen LogP contribution in [0.4, 0.5) is 17.1 Å². The van der Waals surface area contributed by atoms with Gasteiger partial charge in [0.15, 0.2) is 0 Å². The van der Waals surface area contributed by atoms with Crippen molar-refractivity contribution in [1.29, 1.82) is 0 Å². The van der Waals surface area contributed by atoms with Crippen LogP contribution in [-0.2, 0) is 0 Å². The van der Waals surface area contributed by atoms with Crippen LogP contribution in [0.1, 0.15) is 0 Å². The monoisotopic (exact) mass is 679 g/mol. The second-order valence-electron chi connectivity index (χ2n) is 13.3. The number of anilines is 3. The molecule has 0 N–H and O–H groups in total. The highest BCUT2D eigenvalue weighted by Gasteiger charge is 2.20. The molecule has 0 unspecified atom stereocenters. The van der Waals surface area contributed by atoms with E-state index in [0.717, 1.165) is 17.1 Å². The molecule has 1 nitrogen and oxygen atoms in total. The minimum atomic E-state index is 1.11. The Kier molecular flexibility index (Phi) is 7.41. The van der Waals surface area contributed by atoms with Gasteiger partial charge in [0.1, 0.15) is 0 Å². The van der Waals surface area contributed by atoms with Crippen LogP contribution in [0.15, 0.2) is 200 Å². The fraction of sp³-hybridized carbons (Fsp3) is 0. The fourth-order valence-corrected chi connectivity index (χ4v) is 8.92. The van der Waals surface area contributed by atoms with Gasteiger partial charge in [-0.25, -0.2) is 0 Å². The predicted octanol–water partition coefficient (Wildman–Crippen LogP) is 14.8. The van der Waals surface area contributed by atoms with Gasteiger partial charge in [-0.1, -0.05) is 152 Å². The van der Waals surface area contributed by atoms with E-state index in [9.17, 15) is 0 Å². The van der Waals surface area contributed by atoms with E-state index in [1.807, 2.05) is 11.3 Å². The van der Waals surface area contributed by atoms with Gasteiger partial charge >= 0.3 is 0 Å². The van der Waals surface area contributed by atoms with Crippen LogP contribution in [0.25, 0.3) is 75.1 Å². The standard InChI is InChI=1S/C50H33NS/c1-2-14-37-32-39(27-26-34(37)12-1)38-16-9-17-41(33-38)51(40-30-28-36(29-31-40)43-21-10-15-35-13-3-4-18-42(35)43)47-23-7-5-19-44(47)45-22-11-25-49-50(45)46-20-6-8-24-48(46)52-49/h1-33H. The lowest BCUT2D eigenvalue weighted by atomic mass is 9.96. The van der Waals surface area contributed by atoms with Crippen molar-refractivity contribution in [2.45, 2.75) is 0 Å². The Labute approximate surface area is 307 Å². The van der Waals surface area contributed by atoms with Crippen LogP contribution in [0.3, 0.4) is 0 Å². The number of nitrogens with zero attached hydrogens (tertiary/aromatic N) is 1. The maximum atomic E-state index is 2.43. The number of hydrogen-bond acceptors (Lipinski definition) is 2. The van der Waals surface area contributed by atoms with E-state index in [0.29, 0.717) is 0 Å². The van der Waals surface area contributed by atoms with Crippen LogP contribution >= 0.6 is 11.3 Å². The Bertz CT molecular complexity index is 2910. The van der Waals surface area contributed by atoms with E-state index in [2.05, 4.69) is 205 Å². The molecule has 0 saturated carbocycles. The first kappa shape index (κ1) is 30.4. The summed E-state index contributed by atoms with van der Waals surface area (Å²) >= 11 is 1.86. The number of fused-ring (bicyclic) bond motifs is 5. The van der Waals surface area contributed by atoms with Gasteiger partial charge in [-0.3, -0.25) is 0 Å². The molecule has 9 aromatic carbocycles. The van der Waals surface area contributed by atoms with E-state index >= 15 is 0 Å². The molecule has 10 rings (SSSR count). The molecule has 10 aromatic rings. The molecule has 0 saturated heterocycles. The Hall–Kier alpha value is -6.48. The highest BCUT2D eigenvalue weighted by molar-refractivity contribution is 7.25. The molecule has 0 aliphatic rings. The predicted molar refractivity (Wildman–Crippen MR) is 225 cm³/mol. The van der Waals surface area contributed by atoms with Crippen molar-refractivity contribution >= 4 is 70.1 Å². The van der Waals surface area contributed by atoms with Crippen molar-refractivity contribution in [3.63, 3.8) is 0 Å². The van der Waals surface area contributed by atoms with E-state index in [1.165, 1.54) is 75.1 Å². The fourth-order valence-electron chi connectivity index (χ4n) is 7.78. The topological polar surface area (TPSA) is 3.24 Å². The van der Waals surface area contributed by atoms with Crippen molar-refractivity contribution in [1.82, 2.24) is 0 Å². The van der Waals surface area contributed by atoms with Crippen molar-refractivity contribution in [2.24, 2.45) is 0 Å². The summed E-state index contributed by atoms with van der Waals surface area (Å²) in [6, 6.07) is 73.0. The normalized spacial score (nSPS) is 11.5. The van der Waals surface area contributed by atoms with Gasteiger partial charge in [-0.05, 0) is 97.9 Å². The zero-order valence-corrected chi connectivity index (χ0v) is 29.2. The van der Waals surface area contributed by atoms with Gasteiger partial charge in [0.2, 0.25) is 0 Å². The van der Waals surface area contributed by atoms with Crippen LogP contribution < -0.4 is 4.90 Å². The van der Waals surface area contributed by atoms with E-state index in [-0.39, 0.29) is 0 Å². The smallest absolute Gasteiger partial charge is 0.0540 e. The third-order valence-corrected chi connectivity index (χ3v) is 11.4. The number of thiophene rings is 1. The molecule has 0 spiro atoms. The minimum Gasteiger partial charge on any atom is -0.310 e. The second kappa shape index (κ2) is 12.7. The van der Waals surface area contributed by atoms with Crippen molar-refractivity contribution < 1.29 is 0 Å². The first-order chi connectivity index (χ1) is 25.8. The summed E-state index contributed by atoms with van der Waals surface area (Å²) in [6.07, 6.45) is 0. The third kappa shape index (κ3) is 5.24. The number of hydrogen-bond donors (Lipinski definition) is 0. The van der Waals surface area contributed by atoms with E-state index < -0.39 is 0 Å². The van der Waals surface area contributed by atoms with Crippen LogP contribution in [0.5, 0.6) is 0 Å². The van der Waals surface area contributed by atoms with Crippen molar-refractivity contribution in [3.05, 3.63) is 200 Å². The Morgan fingerprint density at radius 3 is 1.85 bits per heavy atom. The van der Waals surface area contributed by atoms with Gasteiger partial charge in [-0.2, -0.15) is 0 Å². The lowest BCUT2D eigenvalue weighted by Crippen LogP contribution is -2.11. The third-order valence-electron chi connectivity index (χ3n) is 10.3. The highest BCUT2D eigenvalue weighted by atomic mass is 32.1. The molecule has 52 heavy (non-hydrogen) atoms. The molecule has 0 aliphatic heterocycles. The van der Waals surface area contributed by atoms with Crippen LogP contribution in [-0.4, -0.2) is 0 Å². The molecule has 2 heteroatoms. The zero-order chi connectivity index (χ0) is 34.4. The summed E-state index contributed by atoms with van der Waals surface area (Å²) in [7, 11) is 0. The zero-order valence-electron chi connectivity index (χ0n) is 28.4. The van der Waals surface area contributed by atoms with Gasteiger partial charge in [0.25, 0.3) is 0 Å². The molecule has 0 amide bonds. The van der Waals surface area contributed by atoms with Gasteiger partial charge in [0.05, 0.1) is 5.69 Å². The molecule has 0 aliphatic carbocycles. The summed E-state index contributed by atoms with van der Waals surface area (Å²) in [4.78, 5) is 2.43. The Balaban J connectivity index is 1.17. The van der Waals surface area contributed by atoms with Gasteiger partial charge < -0.3 is 4.90 Å². The van der Waals surface area contributed by atoms with Crippen LogP contribution in [0.2, 0.25) is 0 Å². The second-order valence-corrected chi connectivity index (χ2v) is 14.4. The molecule has 1 aromatic heterocycles. The SMILES string of the molecule is c1cc(-c2ccc3ccccc3c2)cc(N(c2ccc(-c3cccc4ccccc34)cc2)c2ccccc2-c2cccc3sc4ccccc4c23)c1. The van der Waals surface area contributed by atoms with Crippen molar-refractivity contribution in [2.75, 3.05) is 4.90 Å². The average Bonchev–Trinajstić information content (AvgIpc) is 3.60. The Morgan fingerprint density at radius 1 is 0.327 bits per heavy atom. The molecular formula is C50H33NS. The van der Waals surface area contributed by atoms with E-state index in [4.69, 9.17) is 0 Å². The quantitative estimate of drug-likeness (QED) is 0.169. The largest absolute Gasteiger partial charge is 0.310 e. The number of rotatable bonds is 6. The molecule has 0 radical (unpaired) electrons. The molecule has 0 bridgehead atoms. The van der Waals surface area contributed by atoms with Gasteiger partial charge in [0, 0.05) is 37.1 Å². The molecule has 1 heterocycles. The first-order valence-electron chi connectivity index (χ1n) is 17.8. The Morgan fingerprint density at radius 2 is 0.942 bits per heavy atom. The summed E-state index contributed by atoms with van der Waals surface area (Å²) in [5.41, 5.74) is 10.6. The lowest BCUT2D eigenvalue weighted by Gasteiger charge is -2.29. The molecule has 244 valence electrons. The number of para-hydroxylation sites is 1. The van der Waals surface area contributed by atoms with Crippen LogP contribution in [0, 0.1) is 0 Å². The van der Waals surface area contributed by atoms with E-state index in [1.54, 1.807) is 0 Å². The first-order valence-corrected chi connectivity index (χ1v) is 18.6. The molecule has 0 atom stereocenters. The average molecular weight is 680 g/mol. The molecule has 0 fully saturated rings. The highest BCUT2D eigenvalue weighted by Crippen LogP contribution is 2.46. The minimum absolute atomic E-state index is 1.11. The summed E-state index contributed by atoms with van der Waals surface area (Å²) in [5, 5.41) is 7.62. The van der Waals surface area contributed by atoms with Gasteiger partial charge in [-0.15, -0.1) is 11.3 Å². The number of benzene rings is 9.